The highest BCUT2D eigenvalue weighted by molar-refractivity contribution is 6.31. The number of hydrogen-bond acceptors (Lipinski definition) is 3. The van der Waals surface area contributed by atoms with E-state index in [9.17, 15) is 5.11 Å². The number of aliphatic hydroxyl groups is 1. The van der Waals surface area contributed by atoms with Crippen LogP contribution in [0.5, 0.6) is 0 Å². The predicted molar refractivity (Wildman–Crippen MR) is 70.6 cm³/mol. The van der Waals surface area contributed by atoms with Crippen LogP contribution in [0.2, 0.25) is 5.02 Å². The maximum absolute atomic E-state index is 10.6. The van der Waals surface area contributed by atoms with Crippen LogP contribution in [-0.4, -0.2) is 27.6 Å². The van der Waals surface area contributed by atoms with Gasteiger partial charge in [0.05, 0.1) is 23.0 Å². The second kappa shape index (κ2) is 6.04. The second-order valence-electron chi connectivity index (χ2n) is 4.82. The van der Waals surface area contributed by atoms with Crippen LogP contribution in [0.1, 0.15) is 44.9 Å². The Balaban J connectivity index is 2.22. The molecule has 1 aromatic heterocycles. The van der Waals surface area contributed by atoms with Crippen molar-refractivity contribution in [1.29, 1.82) is 0 Å². The molecule has 5 heteroatoms. The summed E-state index contributed by atoms with van der Waals surface area (Å²) in [4.78, 5) is 0. The van der Waals surface area contributed by atoms with Crippen molar-refractivity contribution in [3.8, 4) is 0 Å². The number of aryl methyl sites for hydroxylation is 1. The summed E-state index contributed by atoms with van der Waals surface area (Å²) in [5, 5.41) is 15.4. The molecular formula is C13H21ClN2O2. The van der Waals surface area contributed by atoms with Crippen molar-refractivity contribution in [3.63, 3.8) is 0 Å². The number of aromatic nitrogens is 2. The fourth-order valence-electron chi connectivity index (χ4n) is 2.71. The van der Waals surface area contributed by atoms with Crippen molar-refractivity contribution >= 4 is 11.6 Å². The van der Waals surface area contributed by atoms with Gasteiger partial charge in [-0.15, -0.1) is 0 Å². The zero-order valence-corrected chi connectivity index (χ0v) is 11.7. The summed E-state index contributed by atoms with van der Waals surface area (Å²) in [7, 11) is 0. The highest BCUT2D eigenvalue weighted by Crippen LogP contribution is 2.37. The predicted octanol–water partition coefficient (Wildman–Crippen LogP) is 2.80. The highest BCUT2D eigenvalue weighted by atomic mass is 35.5. The van der Waals surface area contributed by atoms with Gasteiger partial charge in [0.2, 0.25) is 0 Å². The van der Waals surface area contributed by atoms with Gasteiger partial charge in [-0.1, -0.05) is 25.4 Å². The molecule has 1 aliphatic rings. The van der Waals surface area contributed by atoms with Crippen molar-refractivity contribution in [3.05, 3.63) is 16.9 Å². The van der Waals surface area contributed by atoms with E-state index in [1.807, 2.05) is 4.68 Å². The molecule has 2 heterocycles. The number of rotatable bonds is 5. The van der Waals surface area contributed by atoms with Crippen LogP contribution in [0, 0.1) is 5.92 Å². The first kappa shape index (κ1) is 13.8. The zero-order chi connectivity index (χ0) is 13.1. The molecule has 0 amide bonds. The van der Waals surface area contributed by atoms with Gasteiger partial charge in [0, 0.05) is 19.1 Å². The number of hydrogen-bond donors (Lipinski definition) is 1. The lowest BCUT2D eigenvalue weighted by atomic mass is 9.91. The first-order valence-electron chi connectivity index (χ1n) is 6.69. The van der Waals surface area contributed by atoms with E-state index in [-0.39, 0.29) is 12.0 Å². The first-order valence-corrected chi connectivity index (χ1v) is 7.07. The van der Waals surface area contributed by atoms with Gasteiger partial charge in [0.25, 0.3) is 0 Å². The van der Waals surface area contributed by atoms with Crippen LogP contribution < -0.4 is 0 Å². The average molecular weight is 273 g/mol. The Morgan fingerprint density at radius 2 is 2.39 bits per heavy atom. The molecule has 0 radical (unpaired) electrons. The lowest BCUT2D eigenvalue weighted by Crippen LogP contribution is -2.24. The molecule has 1 aliphatic heterocycles. The van der Waals surface area contributed by atoms with Gasteiger partial charge >= 0.3 is 0 Å². The molecule has 1 aromatic rings. The van der Waals surface area contributed by atoms with Crippen molar-refractivity contribution < 1.29 is 9.84 Å². The third-order valence-corrected chi connectivity index (χ3v) is 3.91. The van der Waals surface area contributed by atoms with Crippen molar-refractivity contribution in [2.45, 2.75) is 51.9 Å². The molecule has 1 saturated heterocycles. The van der Waals surface area contributed by atoms with Gasteiger partial charge in [0.15, 0.2) is 0 Å². The van der Waals surface area contributed by atoms with E-state index in [0.29, 0.717) is 5.02 Å². The van der Waals surface area contributed by atoms with Crippen molar-refractivity contribution in [1.82, 2.24) is 9.78 Å². The van der Waals surface area contributed by atoms with Gasteiger partial charge in [0.1, 0.15) is 6.10 Å². The highest BCUT2D eigenvalue weighted by Gasteiger charge is 2.36. The molecule has 1 fully saturated rings. The Bertz CT molecular complexity index is 394. The Kier molecular flexibility index (Phi) is 4.65. The molecule has 1 N–H and O–H groups in total. The average Bonchev–Trinajstić information content (AvgIpc) is 2.96. The normalized spacial score (nSPS) is 25.6. The van der Waals surface area contributed by atoms with E-state index in [1.165, 1.54) is 0 Å². The maximum Gasteiger partial charge on any atom is 0.102 e. The number of nitrogens with zero attached hydrogens (tertiary/aromatic N) is 2. The summed E-state index contributed by atoms with van der Waals surface area (Å²) in [6.45, 7) is 5.67. The van der Waals surface area contributed by atoms with Gasteiger partial charge in [-0.2, -0.15) is 5.10 Å². The van der Waals surface area contributed by atoms with Crippen LogP contribution >= 0.6 is 11.6 Å². The van der Waals surface area contributed by atoms with Crippen LogP contribution in [0.4, 0.5) is 0 Å². The molecule has 3 atom stereocenters. The first-order chi connectivity index (χ1) is 8.69. The number of ether oxygens (including phenoxy) is 1. The quantitative estimate of drug-likeness (QED) is 0.897. The molecule has 0 spiro atoms. The molecule has 0 saturated carbocycles. The Labute approximate surface area is 113 Å². The monoisotopic (exact) mass is 272 g/mol. The van der Waals surface area contributed by atoms with E-state index in [0.717, 1.165) is 38.1 Å². The van der Waals surface area contributed by atoms with Crippen molar-refractivity contribution in [2.24, 2.45) is 5.92 Å². The summed E-state index contributed by atoms with van der Waals surface area (Å²) < 4.78 is 7.46. The van der Waals surface area contributed by atoms with E-state index in [1.54, 1.807) is 6.20 Å². The fraction of sp³-hybridized carbons (Fsp3) is 0.769. The second-order valence-corrected chi connectivity index (χ2v) is 5.22. The molecule has 3 unspecified atom stereocenters. The molecule has 2 rings (SSSR count). The van der Waals surface area contributed by atoms with E-state index in [4.69, 9.17) is 16.3 Å². The molecule has 4 nitrogen and oxygen atoms in total. The summed E-state index contributed by atoms with van der Waals surface area (Å²) in [6, 6.07) is 0. The van der Waals surface area contributed by atoms with Crippen LogP contribution in [0.3, 0.4) is 0 Å². The SMILES string of the molecule is CCCn1ncc(Cl)c1C(O)C1CCOC1CC. The van der Waals surface area contributed by atoms with E-state index in [2.05, 4.69) is 18.9 Å². The standard InChI is InChI=1S/C13H21ClN2O2/c1-3-6-16-12(10(14)8-15-16)13(17)9-5-7-18-11(9)4-2/h8-9,11,13,17H,3-7H2,1-2H3. The van der Waals surface area contributed by atoms with E-state index >= 15 is 0 Å². The van der Waals surface area contributed by atoms with E-state index < -0.39 is 6.10 Å². The smallest absolute Gasteiger partial charge is 0.102 e. The number of aliphatic hydroxyl groups excluding tert-OH is 1. The van der Waals surface area contributed by atoms with Crippen LogP contribution in [0.25, 0.3) is 0 Å². The summed E-state index contributed by atoms with van der Waals surface area (Å²) in [6.07, 6.45) is 3.93. The van der Waals surface area contributed by atoms with Crippen LogP contribution in [0.15, 0.2) is 6.20 Å². The lowest BCUT2D eigenvalue weighted by molar-refractivity contribution is 0.0269. The van der Waals surface area contributed by atoms with Crippen molar-refractivity contribution in [2.75, 3.05) is 6.61 Å². The summed E-state index contributed by atoms with van der Waals surface area (Å²) in [5.41, 5.74) is 0.743. The zero-order valence-electron chi connectivity index (χ0n) is 11.0. The lowest BCUT2D eigenvalue weighted by Gasteiger charge is -2.23. The Hall–Kier alpha value is -0.580. The van der Waals surface area contributed by atoms with Gasteiger partial charge in [-0.05, 0) is 19.3 Å². The third kappa shape index (κ3) is 2.56. The maximum atomic E-state index is 10.6. The summed E-state index contributed by atoms with van der Waals surface area (Å²) in [5.74, 6) is 0.125. The number of halogens is 1. The molecule has 18 heavy (non-hydrogen) atoms. The minimum absolute atomic E-state index is 0.125. The Morgan fingerprint density at radius 3 is 3.06 bits per heavy atom. The minimum Gasteiger partial charge on any atom is -0.386 e. The van der Waals surface area contributed by atoms with Gasteiger partial charge in [-0.25, -0.2) is 0 Å². The minimum atomic E-state index is -0.584. The molecular weight excluding hydrogens is 252 g/mol. The van der Waals surface area contributed by atoms with Gasteiger partial charge in [-0.3, -0.25) is 4.68 Å². The molecule has 0 bridgehead atoms. The molecule has 102 valence electrons. The molecule has 0 aromatic carbocycles. The largest absolute Gasteiger partial charge is 0.386 e. The third-order valence-electron chi connectivity index (χ3n) is 3.62. The van der Waals surface area contributed by atoms with Gasteiger partial charge < -0.3 is 9.84 Å². The molecule has 0 aliphatic carbocycles. The fourth-order valence-corrected chi connectivity index (χ4v) is 2.96. The topological polar surface area (TPSA) is 47.3 Å². The Morgan fingerprint density at radius 1 is 1.61 bits per heavy atom. The summed E-state index contributed by atoms with van der Waals surface area (Å²) >= 11 is 6.16. The van der Waals surface area contributed by atoms with Crippen LogP contribution in [-0.2, 0) is 11.3 Å².